The molecule has 0 N–H and O–H groups in total. The normalized spacial score (nSPS) is 11.3. The molecule has 0 saturated heterocycles. The predicted octanol–water partition coefficient (Wildman–Crippen LogP) is 6.63. The van der Waals surface area contributed by atoms with Crippen LogP contribution in [0.3, 0.4) is 0 Å². The van der Waals surface area contributed by atoms with Crippen LogP contribution < -0.4 is 9.47 Å². The molecule has 5 heteroatoms. The zero-order valence-corrected chi connectivity index (χ0v) is 19.4. The highest BCUT2D eigenvalue weighted by atomic mass is 16.5. The molecular weight excluding hydrogens is 428 g/mol. The van der Waals surface area contributed by atoms with Crippen molar-refractivity contribution in [1.82, 2.24) is 0 Å². The number of esters is 2. The Morgan fingerprint density at radius 1 is 0.882 bits per heavy atom. The summed E-state index contributed by atoms with van der Waals surface area (Å²) < 4.78 is 16.6. The molecule has 0 bridgehead atoms. The molecule has 3 aromatic carbocycles. The molecule has 5 nitrogen and oxygen atoms in total. The summed E-state index contributed by atoms with van der Waals surface area (Å²) in [5.41, 5.74) is 2.31. The summed E-state index contributed by atoms with van der Waals surface area (Å²) in [6, 6.07) is 24.3. The molecule has 0 aliphatic carbocycles. The number of rotatable bonds is 12. The molecule has 3 rings (SSSR count). The van der Waals surface area contributed by atoms with Crippen LogP contribution in [0.25, 0.3) is 11.1 Å². The average molecular weight is 459 g/mol. The number of carbonyl (C=O) groups is 2. The fourth-order valence-electron chi connectivity index (χ4n) is 3.46. The Balaban J connectivity index is 1.44. The summed E-state index contributed by atoms with van der Waals surface area (Å²) in [5, 5.41) is 0. The van der Waals surface area contributed by atoms with E-state index in [1.165, 1.54) is 6.08 Å². The van der Waals surface area contributed by atoms with Gasteiger partial charge in [-0.2, -0.15) is 0 Å². The highest BCUT2D eigenvalue weighted by Gasteiger charge is 2.13. The predicted molar refractivity (Wildman–Crippen MR) is 133 cm³/mol. The molecule has 0 aliphatic rings. The molecule has 34 heavy (non-hydrogen) atoms. The molecule has 3 aromatic rings. The van der Waals surface area contributed by atoms with Gasteiger partial charge in [-0.3, -0.25) is 0 Å². The maximum absolute atomic E-state index is 12.7. The lowest BCUT2D eigenvalue weighted by Crippen LogP contribution is -2.12. The second-order valence-corrected chi connectivity index (χ2v) is 7.93. The van der Waals surface area contributed by atoms with Crippen molar-refractivity contribution in [1.29, 1.82) is 0 Å². The van der Waals surface area contributed by atoms with Gasteiger partial charge < -0.3 is 14.2 Å². The minimum Gasteiger partial charge on any atom is -0.494 e. The summed E-state index contributed by atoms with van der Waals surface area (Å²) in [5.74, 6) is 0.423. The SMILES string of the molecule is C=CC(=O)OC(C)CCCCCOc1ccc(C(=O)Oc2ccccc2-c2ccccc2)cc1. The van der Waals surface area contributed by atoms with Gasteiger partial charge in [0, 0.05) is 11.6 Å². The van der Waals surface area contributed by atoms with Crippen LogP contribution in [0.5, 0.6) is 11.5 Å². The van der Waals surface area contributed by atoms with Crippen molar-refractivity contribution in [3.05, 3.63) is 97.1 Å². The molecule has 0 aliphatic heterocycles. The monoisotopic (exact) mass is 458 g/mol. The number of carbonyl (C=O) groups excluding carboxylic acids is 2. The Morgan fingerprint density at radius 2 is 1.59 bits per heavy atom. The third-order valence-electron chi connectivity index (χ3n) is 5.27. The minimum absolute atomic E-state index is 0.113. The quantitative estimate of drug-likeness (QED) is 0.132. The van der Waals surface area contributed by atoms with E-state index in [1.54, 1.807) is 30.3 Å². The van der Waals surface area contributed by atoms with Gasteiger partial charge in [0.2, 0.25) is 0 Å². The van der Waals surface area contributed by atoms with Crippen LogP contribution in [0.1, 0.15) is 43.0 Å². The maximum Gasteiger partial charge on any atom is 0.343 e. The standard InChI is InChI=1S/C29H30O5/c1-3-28(30)33-22(2)12-6-5-11-21-32-25-19-17-24(18-20-25)29(31)34-27-16-10-9-15-26(27)23-13-7-4-8-14-23/h3-4,7-10,13-20,22H,1,5-6,11-12,21H2,2H3. The topological polar surface area (TPSA) is 61.8 Å². The Labute approximate surface area is 201 Å². The van der Waals surface area contributed by atoms with E-state index in [0.717, 1.165) is 36.8 Å². The number of hydrogen-bond donors (Lipinski definition) is 0. The highest BCUT2D eigenvalue weighted by Crippen LogP contribution is 2.30. The molecule has 0 fully saturated rings. The van der Waals surface area contributed by atoms with Crippen molar-refractivity contribution < 1.29 is 23.8 Å². The van der Waals surface area contributed by atoms with Crippen LogP contribution in [-0.4, -0.2) is 24.6 Å². The molecule has 176 valence electrons. The van der Waals surface area contributed by atoms with Gasteiger partial charge in [0.1, 0.15) is 11.5 Å². The van der Waals surface area contributed by atoms with E-state index >= 15 is 0 Å². The van der Waals surface area contributed by atoms with Crippen LogP contribution in [-0.2, 0) is 9.53 Å². The van der Waals surface area contributed by atoms with Gasteiger partial charge in [0.15, 0.2) is 0 Å². The zero-order valence-electron chi connectivity index (χ0n) is 19.4. The van der Waals surface area contributed by atoms with Crippen LogP contribution in [0.2, 0.25) is 0 Å². The lowest BCUT2D eigenvalue weighted by Gasteiger charge is -2.12. The van der Waals surface area contributed by atoms with Gasteiger partial charge in [0.25, 0.3) is 0 Å². The number of para-hydroxylation sites is 1. The fraction of sp³-hybridized carbons (Fsp3) is 0.241. The third kappa shape index (κ3) is 7.62. The van der Waals surface area contributed by atoms with Gasteiger partial charge >= 0.3 is 11.9 Å². The molecule has 1 atom stereocenters. The molecule has 0 aromatic heterocycles. The van der Waals surface area contributed by atoms with Crippen molar-refractivity contribution in [2.45, 2.75) is 38.7 Å². The summed E-state index contributed by atoms with van der Waals surface area (Å²) in [6.07, 6.45) is 4.69. The summed E-state index contributed by atoms with van der Waals surface area (Å²) >= 11 is 0. The molecular formula is C29H30O5. The van der Waals surface area contributed by atoms with Gasteiger partial charge in [-0.05, 0) is 68.5 Å². The first kappa shape index (κ1) is 24.8. The second-order valence-electron chi connectivity index (χ2n) is 7.93. The number of unbranched alkanes of at least 4 members (excludes halogenated alkanes) is 2. The Hall–Kier alpha value is -3.86. The van der Waals surface area contributed by atoms with Crippen molar-refractivity contribution in [3.8, 4) is 22.6 Å². The number of hydrogen-bond acceptors (Lipinski definition) is 5. The van der Waals surface area contributed by atoms with Gasteiger partial charge in [-0.1, -0.05) is 55.1 Å². The summed E-state index contributed by atoms with van der Waals surface area (Å²) in [4.78, 5) is 23.8. The van der Waals surface area contributed by atoms with Crippen molar-refractivity contribution in [3.63, 3.8) is 0 Å². The average Bonchev–Trinajstić information content (AvgIpc) is 2.87. The maximum atomic E-state index is 12.7. The second kappa shape index (κ2) is 13.0. The lowest BCUT2D eigenvalue weighted by atomic mass is 10.0. The number of ether oxygens (including phenoxy) is 3. The fourth-order valence-corrected chi connectivity index (χ4v) is 3.46. The Kier molecular flexibility index (Phi) is 9.47. The summed E-state index contributed by atoms with van der Waals surface area (Å²) in [7, 11) is 0. The minimum atomic E-state index is -0.416. The van der Waals surface area contributed by atoms with Gasteiger partial charge in [-0.25, -0.2) is 9.59 Å². The van der Waals surface area contributed by atoms with Crippen molar-refractivity contribution in [2.24, 2.45) is 0 Å². The van der Waals surface area contributed by atoms with E-state index < -0.39 is 5.97 Å². The van der Waals surface area contributed by atoms with Crippen LogP contribution >= 0.6 is 0 Å². The van der Waals surface area contributed by atoms with E-state index in [-0.39, 0.29) is 12.1 Å². The van der Waals surface area contributed by atoms with Crippen molar-refractivity contribution >= 4 is 11.9 Å². The third-order valence-corrected chi connectivity index (χ3v) is 5.27. The molecule has 0 radical (unpaired) electrons. The van der Waals surface area contributed by atoms with E-state index in [2.05, 4.69) is 6.58 Å². The van der Waals surface area contributed by atoms with E-state index in [9.17, 15) is 9.59 Å². The molecule has 0 spiro atoms. The van der Waals surface area contributed by atoms with Crippen LogP contribution in [0.4, 0.5) is 0 Å². The Bertz CT molecular complexity index is 1070. The van der Waals surface area contributed by atoms with E-state index in [4.69, 9.17) is 14.2 Å². The zero-order chi connectivity index (χ0) is 24.2. The number of benzene rings is 3. The molecule has 0 amide bonds. The molecule has 0 saturated carbocycles. The largest absolute Gasteiger partial charge is 0.494 e. The van der Waals surface area contributed by atoms with Gasteiger partial charge in [0.05, 0.1) is 18.3 Å². The van der Waals surface area contributed by atoms with Crippen LogP contribution in [0, 0.1) is 0 Å². The molecule has 1 unspecified atom stereocenters. The molecule has 0 heterocycles. The van der Waals surface area contributed by atoms with E-state index in [0.29, 0.717) is 23.7 Å². The lowest BCUT2D eigenvalue weighted by molar-refractivity contribution is -0.142. The Morgan fingerprint density at radius 3 is 2.32 bits per heavy atom. The van der Waals surface area contributed by atoms with Gasteiger partial charge in [-0.15, -0.1) is 0 Å². The smallest absolute Gasteiger partial charge is 0.343 e. The summed E-state index contributed by atoms with van der Waals surface area (Å²) in [6.45, 7) is 5.85. The van der Waals surface area contributed by atoms with Crippen LogP contribution in [0.15, 0.2) is 91.5 Å². The first-order chi connectivity index (χ1) is 16.6. The first-order valence-electron chi connectivity index (χ1n) is 11.5. The first-order valence-corrected chi connectivity index (χ1v) is 11.5. The van der Waals surface area contributed by atoms with Crippen molar-refractivity contribution in [2.75, 3.05) is 6.61 Å². The highest BCUT2D eigenvalue weighted by molar-refractivity contribution is 5.92. The van der Waals surface area contributed by atoms with E-state index in [1.807, 2.05) is 55.5 Å².